The lowest BCUT2D eigenvalue weighted by molar-refractivity contribution is 0.0697. The Morgan fingerprint density at radius 3 is 2.29 bits per heavy atom. The average Bonchev–Trinajstić information content (AvgIpc) is 2.38. The van der Waals surface area contributed by atoms with Gasteiger partial charge in [-0.15, -0.1) is 0 Å². The maximum atomic E-state index is 12.2. The van der Waals surface area contributed by atoms with Crippen LogP contribution in [0.2, 0.25) is 5.02 Å². The second kappa shape index (κ2) is 5.75. The van der Waals surface area contributed by atoms with Crippen molar-refractivity contribution in [1.82, 2.24) is 0 Å². The van der Waals surface area contributed by atoms with Gasteiger partial charge in [0, 0.05) is 0 Å². The molecule has 0 unspecified atom stereocenters. The van der Waals surface area contributed by atoms with Crippen molar-refractivity contribution in [2.75, 3.05) is 4.72 Å². The Balaban J connectivity index is 2.31. The molecule has 21 heavy (non-hydrogen) atoms. The minimum absolute atomic E-state index is 0.0355. The van der Waals surface area contributed by atoms with E-state index in [1.165, 1.54) is 30.3 Å². The van der Waals surface area contributed by atoms with Gasteiger partial charge >= 0.3 is 5.97 Å². The fraction of sp³-hybridized carbons (Fsp3) is 0.0714. The number of hydrogen-bond donors (Lipinski definition) is 2. The Bertz CT molecular complexity index is 785. The lowest BCUT2D eigenvalue weighted by Crippen LogP contribution is -2.13. The fourth-order valence-corrected chi connectivity index (χ4v) is 2.99. The molecule has 0 heterocycles. The Morgan fingerprint density at radius 1 is 1.14 bits per heavy atom. The van der Waals surface area contributed by atoms with Gasteiger partial charge in [0.2, 0.25) is 0 Å². The zero-order valence-electron chi connectivity index (χ0n) is 11.0. The number of sulfonamides is 1. The molecule has 0 aliphatic rings. The summed E-state index contributed by atoms with van der Waals surface area (Å²) < 4.78 is 26.7. The van der Waals surface area contributed by atoms with Crippen molar-refractivity contribution in [3.05, 3.63) is 58.6 Å². The SMILES string of the molecule is Cc1ccc(S(=O)(=O)Nc2ccc(C(=O)O)c(Cl)c2)cc1. The third kappa shape index (κ3) is 3.53. The monoisotopic (exact) mass is 325 g/mol. The second-order valence-corrected chi connectivity index (χ2v) is 6.51. The number of benzene rings is 2. The van der Waals surface area contributed by atoms with Crippen molar-refractivity contribution >= 4 is 33.3 Å². The van der Waals surface area contributed by atoms with E-state index in [4.69, 9.17) is 16.7 Å². The normalized spacial score (nSPS) is 11.1. The highest BCUT2D eigenvalue weighted by molar-refractivity contribution is 7.92. The van der Waals surface area contributed by atoms with Crippen LogP contribution >= 0.6 is 11.6 Å². The quantitative estimate of drug-likeness (QED) is 0.904. The summed E-state index contributed by atoms with van der Waals surface area (Å²) in [5.74, 6) is -1.17. The molecule has 2 rings (SSSR count). The lowest BCUT2D eigenvalue weighted by atomic mass is 10.2. The summed E-state index contributed by atoms with van der Waals surface area (Å²) in [6.45, 7) is 1.86. The molecule has 0 saturated carbocycles. The molecule has 0 aliphatic heterocycles. The van der Waals surface area contributed by atoms with Gasteiger partial charge in [-0.1, -0.05) is 29.3 Å². The molecule has 2 aromatic rings. The Hall–Kier alpha value is -2.05. The predicted octanol–water partition coefficient (Wildman–Crippen LogP) is 3.15. The van der Waals surface area contributed by atoms with Crippen LogP contribution in [0.15, 0.2) is 47.4 Å². The molecule has 0 spiro atoms. The summed E-state index contributed by atoms with van der Waals surface area (Å²) in [6, 6.07) is 10.2. The van der Waals surface area contributed by atoms with E-state index in [2.05, 4.69) is 4.72 Å². The first-order valence-corrected chi connectivity index (χ1v) is 7.78. The topological polar surface area (TPSA) is 83.5 Å². The van der Waals surface area contributed by atoms with Gasteiger partial charge < -0.3 is 5.11 Å². The van der Waals surface area contributed by atoms with Gasteiger partial charge in [0.1, 0.15) is 0 Å². The average molecular weight is 326 g/mol. The van der Waals surface area contributed by atoms with Gasteiger partial charge in [-0.2, -0.15) is 0 Å². The third-order valence-corrected chi connectivity index (χ3v) is 4.49. The van der Waals surface area contributed by atoms with Crippen LogP contribution in [0.25, 0.3) is 0 Å². The number of rotatable bonds is 4. The standard InChI is InChI=1S/C14H12ClNO4S/c1-9-2-5-11(6-3-9)21(19,20)16-10-4-7-12(14(17)18)13(15)8-10/h2-8,16H,1H3,(H,17,18). The van der Waals surface area contributed by atoms with E-state index >= 15 is 0 Å². The molecule has 7 heteroatoms. The number of aromatic carboxylic acids is 1. The maximum Gasteiger partial charge on any atom is 0.337 e. The van der Waals surface area contributed by atoms with Gasteiger partial charge in [0.05, 0.1) is 21.2 Å². The Morgan fingerprint density at radius 2 is 1.76 bits per heavy atom. The zero-order valence-corrected chi connectivity index (χ0v) is 12.6. The molecule has 0 aliphatic carbocycles. The molecule has 0 amide bonds. The molecule has 0 bridgehead atoms. The fourth-order valence-electron chi connectivity index (χ4n) is 1.68. The minimum Gasteiger partial charge on any atom is -0.478 e. The first-order valence-electron chi connectivity index (χ1n) is 5.92. The molecule has 2 N–H and O–H groups in total. The number of anilines is 1. The summed E-state index contributed by atoms with van der Waals surface area (Å²) in [5.41, 5.74) is 1.06. The third-order valence-electron chi connectivity index (χ3n) is 2.78. The van der Waals surface area contributed by atoms with Gasteiger partial charge in [-0.05, 0) is 37.3 Å². The van der Waals surface area contributed by atoms with Gasteiger partial charge in [0.15, 0.2) is 0 Å². The van der Waals surface area contributed by atoms with Crippen LogP contribution in [-0.2, 0) is 10.0 Å². The highest BCUT2D eigenvalue weighted by atomic mass is 35.5. The summed E-state index contributed by atoms with van der Waals surface area (Å²) in [4.78, 5) is 11.0. The summed E-state index contributed by atoms with van der Waals surface area (Å²) in [7, 11) is -3.74. The molecule has 0 aromatic heterocycles. The summed E-state index contributed by atoms with van der Waals surface area (Å²) in [6.07, 6.45) is 0. The van der Waals surface area contributed by atoms with Crippen molar-refractivity contribution in [2.24, 2.45) is 0 Å². The van der Waals surface area contributed by atoms with E-state index in [1.807, 2.05) is 6.92 Å². The first-order chi connectivity index (χ1) is 9.79. The van der Waals surface area contributed by atoms with Crippen LogP contribution in [0.4, 0.5) is 5.69 Å². The van der Waals surface area contributed by atoms with Crippen molar-refractivity contribution < 1.29 is 18.3 Å². The van der Waals surface area contributed by atoms with Gasteiger partial charge in [0.25, 0.3) is 10.0 Å². The van der Waals surface area contributed by atoms with Crippen molar-refractivity contribution in [3.63, 3.8) is 0 Å². The highest BCUT2D eigenvalue weighted by Crippen LogP contribution is 2.23. The lowest BCUT2D eigenvalue weighted by Gasteiger charge is -2.09. The Kier molecular flexibility index (Phi) is 4.20. The van der Waals surface area contributed by atoms with E-state index in [0.717, 1.165) is 5.56 Å². The van der Waals surface area contributed by atoms with Gasteiger partial charge in [-0.25, -0.2) is 13.2 Å². The van der Waals surface area contributed by atoms with Crippen LogP contribution in [0, 0.1) is 6.92 Å². The number of aryl methyl sites for hydroxylation is 1. The molecule has 0 fully saturated rings. The molecular formula is C14H12ClNO4S. The summed E-state index contributed by atoms with van der Waals surface area (Å²) >= 11 is 5.80. The molecule has 0 atom stereocenters. The van der Waals surface area contributed by atoms with Crippen LogP contribution in [0.5, 0.6) is 0 Å². The van der Waals surface area contributed by atoms with E-state index in [-0.39, 0.29) is 21.2 Å². The number of halogens is 1. The Labute approximate surface area is 127 Å². The molecule has 2 aromatic carbocycles. The predicted molar refractivity (Wildman–Crippen MR) is 80.4 cm³/mol. The number of carboxylic acids is 1. The minimum atomic E-state index is -3.74. The van der Waals surface area contributed by atoms with Crippen molar-refractivity contribution in [3.8, 4) is 0 Å². The number of carbonyl (C=O) groups is 1. The molecule has 110 valence electrons. The van der Waals surface area contributed by atoms with Crippen LogP contribution in [0.1, 0.15) is 15.9 Å². The molecular weight excluding hydrogens is 314 g/mol. The van der Waals surface area contributed by atoms with Crippen LogP contribution in [-0.4, -0.2) is 19.5 Å². The van der Waals surface area contributed by atoms with E-state index < -0.39 is 16.0 Å². The molecule has 5 nitrogen and oxygen atoms in total. The largest absolute Gasteiger partial charge is 0.478 e. The highest BCUT2D eigenvalue weighted by Gasteiger charge is 2.15. The van der Waals surface area contributed by atoms with Crippen molar-refractivity contribution in [2.45, 2.75) is 11.8 Å². The van der Waals surface area contributed by atoms with Crippen LogP contribution < -0.4 is 4.72 Å². The number of nitrogens with one attached hydrogen (secondary N) is 1. The maximum absolute atomic E-state index is 12.2. The zero-order chi connectivity index (χ0) is 15.6. The van der Waals surface area contributed by atoms with Gasteiger partial charge in [-0.3, -0.25) is 4.72 Å². The summed E-state index contributed by atoms with van der Waals surface area (Å²) in [5, 5.41) is 8.83. The van der Waals surface area contributed by atoms with E-state index in [9.17, 15) is 13.2 Å². The van der Waals surface area contributed by atoms with Crippen molar-refractivity contribution in [1.29, 1.82) is 0 Å². The van der Waals surface area contributed by atoms with Crippen LogP contribution in [0.3, 0.4) is 0 Å². The second-order valence-electron chi connectivity index (χ2n) is 4.42. The molecule has 0 radical (unpaired) electrons. The number of hydrogen-bond acceptors (Lipinski definition) is 3. The molecule has 0 saturated heterocycles. The smallest absolute Gasteiger partial charge is 0.337 e. The van der Waals surface area contributed by atoms with E-state index in [1.54, 1.807) is 12.1 Å². The number of carboxylic acid groups (broad SMARTS) is 1. The van der Waals surface area contributed by atoms with E-state index in [0.29, 0.717) is 0 Å². The first kappa shape index (κ1) is 15.3.